The number of hydrogen-bond acceptors (Lipinski definition) is 2. The number of rotatable bonds is 1. The van der Waals surface area contributed by atoms with E-state index in [1.807, 2.05) is 6.08 Å². The Kier molecular flexibility index (Phi) is 2.19. The van der Waals surface area contributed by atoms with Crippen LogP contribution in [0.15, 0.2) is 22.8 Å². The Morgan fingerprint density at radius 2 is 2.23 bits per heavy atom. The average molecular weight is 179 g/mol. The maximum Gasteiger partial charge on any atom is 0.331 e. The van der Waals surface area contributed by atoms with Crippen molar-refractivity contribution in [2.45, 2.75) is 19.3 Å². The van der Waals surface area contributed by atoms with E-state index >= 15 is 0 Å². The second-order valence-corrected chi connectivity index (χ2v) is 3.53. The van der Waals surface area contributed by atoms with Gasteiger partial charge in [0.05, 0.1) is 0 Å². The first kappa shape index (κ1) is 8.51. The Morgan fingerprint density at radius 3 is 3.00 bits per heavy atom. The van der Waals surface area contributed by atoms with Crippen LogP contribution in [0, 0.1) is 0 Å². The molecule has 0 fully saturated rings. The van der Waals surface area contributed by atoms with Crippen LogP contribution >= 0.6 is 0 Å². The van der Waals surface area contributed by atoms with E-state index in [0.29, 0.717) is 12.0 Å². The summed E-state index contributed by atoms with van der Waals surface area (Å²) >= 11 is 0. The molecule has 2 rings (SSSR count). The molecule has 0 aromatic rings. The largest absolute Gasteiger partial charge is 0.478 e. The molecule has 0 bridgehead atoms. The van der Waals surface area contributed by atoms with E-state index in [0.717, 1.165) is 25.9 Å². The van der Waals surface area contributed by atoms with Gasteiger partial charge < -0.3 is 10.4 Å². The van der Waals surface area contributed by atoms with Crippen LogP contribution < -0.4 is 5.32 Å². The molecule has 1 aliphatic heterocycles. The third kappa shape index (κ3) is 1.65. The quantitative estimate of drug-likeness (QED) is 0.633. The molecule has 1 heterocycles. The van der Waals surface area contributed by atoms with Gasteiger partial charge in [0, 0.05) is 12.1 Å². The van der Waals surface area contributed by atoms with Crippen molar-refractivity contribution in [1.82, 2.24) is 5.32 Å². The SMILES string of the molecule is O=C(O)C1=CC2=C(CCNC2)CC1. The van der Waals surface area contributed by atoms with E-state index in [2.05, 4.69) is 5.32 Å². The maximum atomic E-state index is 10.7. The highest BCUT2D eigenvalue weighted by Gasteiger charge is 2.19. The highest BCUT2D eigenvalue weighted by molar-refractivity contribution is 5.87. The van der Waals surface area contributed by atoms with Gasteiger partial charge in [-0.25, -0.2) is 4.79 Å². The van der Waals surface area contributed by atoms with Crippen LogP contribution in [-0.4, -0.2) is 24.2 Å². The van der Waals surface area contributed by atoms with Crippen molar-refractivity contribution < 1.29 is 9.90 Å². The molecule has 0 unspecified atom stereocenters. The fourth-order valence-corrected chi connectivity index (χ4v) is 1.92. The molecule has 13 heavy (non-hydrogen) atoms. The number of carboxylic acids is 1. The van der Waals surface area contributed by atoms with Gasteiger partial charge in [-0.1, -0.05) is 5.57 Å². The topological polar surface area (TPSA) is 49.3 Å². The van der Waals surface area contributed by atoms with Gasteiger partial charge in [0.15, 0.2) is 0 Å². The lowest BCUT2D eigenvalue weighted by Gasteiger charge is -2.23. The molecule has 3 nitrogen and oxygen atoms in total. The van der Waals surface area contributed by atoms with E-state index in [9.17, 15) is 4.79 Å². The van der Waals surface area contributed by atoms with Gasteiger partial charge in [-0.15, -0.1) is 0 Å². The molecule has 1 aliphatic carbocycles. The van der Waals surface area contributed by atoms with E-state index < -0.39 is 5.97 Å². The molecule has 0 aromatic carbocycles. The van der Waals surface area contributed by atoms with Gasteiger partial charge in [-0.2, -0.15) is 0 Å². The summed E-state index contributed by atoms with van der Waals surface area (Å²) in [5, 5.41) is 12.1. The fourth-order valence-electron chi connectivity index (χ4n) is 1.92. The smallest absolute Gasteiger partial charge is 0.331 e. The number of carbonyl (C=O) groups is 1. The first-order valence-electron chi connectivity index (χ1n) is 4.63. The van der Waals surface area contributed by atoms with Gasteiger partial charge >= 0.3 is 5.97 Å². The van der Waals surface area contributed by atoms with Crippen molar-refractivity contribution in [3.05, 3.63) is 22.8 Å². The molecule has 0 radical (unpaired) electrons. The molecule has 70 valence electrons. The molecule has 0 atom stereocenters. The second kappa shape index (κ2) is 3.34. The minimum Gasteiger partial charge on any atom is -0.478 e. The number of carboxylic acid groups (broad SMARTS) is 1. The molecular formula is C10H13NO2. The highest BCUT2D eigenvalue weighted by atomic mass is 16.4. The van der Waals surface area contributed by atoms with Crippen molar-refractivity contribution >= 4 is 5.97 Å². The van der Waals surface area contributed by atoms with Gasteiger partial charge in [0.2, 0.25) is 0 Å². The Morgan fingerprint density at radius 1 is 1.38 bits per heavy atom. The van der Waals surface area contributed by atoms with E-state index in [4.69, 9.17) is 5.11 Å². The summed E-state index contributed by atoms with van der Waals surface area (Å²) < 4.78 is 0. The van der Waals surface area contributed by atoms with E-state index in [1.54, 1.807) is 0 Å². The van der Waals surface area contributed by atoms with E-state index in [-0.39, 0.29) is 0 Å². The molecular weight excluding hydrogens is 166 g/mol. The summed E-state index contributed by atoms with van der Waals surface area (Å²) in [6, 6.07) is 0. The minimum absolute atomic E-state index is 0.558. The Balaban J connectivity index is 2.25. The lowest BCUT2D eigenvalue weighted by atomic mass is 9.88. The molecule has 3 heteroatoms. The predicted octanol–water partition coefficient (Wildman–Crippen LogP) is 1.08. The van der Waals surface area contributed by atoms with Gasteiger partial charge in [-0.3, -0.25) is 0 Å². The molecule has 0 amide bonds. The zero-order chi connectivity index (χ0) is 9.26. The van der Waals surface area contributed by atoms with Gasteiger partial charge in [0.25, 0.3) is 0 Å². The Hall–Kier alpha value is -1.09. The molecule has 0 saturated heterocycles. The minimum atomic E-state index is -0.767. The molecule has 0 saturated carbocycles. The zero-order valence-electron chi connectivity index (χ0n) is 7.47. The maximum absolute atomic E-state index is 10.7. The molecule has 2 N–H and O–H groups in total. The summed E-state index contributed by atoms with van der Waals surface area (Å²) in [4.78, 5) is 10.7. The summed E-state index contributed by atoms with van der Waals surface area (Å²) in [6.07, 6.45) is 4.56. The predicted molar refractivity (Wildman–Crippen MR) is 49.5 cm³/mol. The zero-order valence-corrected chi connectivity index (χ0v) is 7.47. The average Bonchev–Trinajstić information content (AvgIpc) is 2.17. The van der Waals surface area contributed by atoms with Crippen LogP contribution in [0.25, 0.3) is 0 Å². The summed E-state index contributed by atoms with van der Waals surface area (Å²) in [5.74, 6) is -0.767. The first-order valence-corrected chi connectivity index (χ1v) is 4.63. The van der Waals surface area contributed by atoms with Crippen molar-refractivity contribution in [2.24, 2.45) is 0 Å². The van der Waals surface area contributed by atoms with Crippen LogP contribution in [0.1, 0.15) is 19.3 Å². The summed E-state index contributed by atoms with van der Waals surface area (Å²) in [7, 11) is 0. The first-order chi connectivity index (χ1) is 6.27. The van der Waals surface area contributed by atoms with E-state index in [1.165, 1.54) is 11.1 Å². The van der Waals surface area contributed by atoms with Crippen molar-refractivity contribution in [2.75, 3.05) is 13.1 Å². The standard InChI is InChI=1S/C10H13NO2/c12-10(13)8-2-1-7-3-4-11-6-9(7)5-8/h5,11H,1-4,6H2,(H,12,13). The van der Waals surface area contributed by atoms with Crippen LogP contribution in [-0.2, 0) is 4.79 Å². The molecule has 2 aliphatic rings. The van der Waals surface area contributed by atoms with Crippen LogP contribution in [0.3, 0.4) is 0 Å². The second-order valence-electron chi connectivity index (χ2n) is 3.53. The molecule has 0 aromatic heterocycles. The number of aliphatic carboxylic acids is 1. The Labute approximate surface area is 77.1 Å². The third-order valence-electron chi connectivity index (χ3n) is 2.69. The normalized spacial score (nSPS) is 22.3. The lowest BCUT2D eigenvalue weighted by molar-refractivity contribution is -0.132. The number of nitrogens with one attached hydrogen (secondary N) is 1. The lowest BCUT2D eigenvalue weighted by Crippen LogP contribution is -2.26. The highest BCUT2D eigenvalue weighted by Crippen LogP contribution is 2.27. The van der Waals surface area contributed by atoms with Crippen LogP contribution in [0.2, 0.25) is 0 Å². The van der Waals surface area contributed by atoms with Gasteiger partial charge in [-0.05, 0) is 37.5 Å². The van der Waals surface area contributed by atoms with Gasteiger partial charge in [0.1, 0.15) is 0 Å². The van der Waals surface area contributed by atoms with Crippen LogP contribution in [0.5, 0.6) is 0 Å². The van der Waals surface area contributed by atoms with Crippen molar-refractivity contribution in [1.29, 1.82) is 0 Å². The Bertz CT molecular complexity index is 302. The summed E-state index contributed by atoms with van der Waals surface area (Å²) in [5.41, 5.74) is 3.21. The monoisotopic (exact) mass is 179 g/mol. The summed E-state index contributed by atoms with van der Waals surface area (Å²) in [6.45, 7) is 1.88. The number of hydrogen-bond donors (Lipinski definition) is 2. The van der Waals surface area contributed by atoms with Crippen LogP contribution in [0.4, 0.5) is 0 Å². The fraction of sp³-hybridized carbons (Fsp3) is 0.500. The van der Waals surface area contributed by atoms with Crippen molar-refractivity contribution in [3.8, 4) is 0 Å². The third-order valence-corrected chi connectivity index (χ3v) is 2.69. The molecule has 0 spiro atoms. The van der Waals surface area contributed by atoms with Crippen molar-refractivity contribution in [3.63, 3.8) is 0 Å².